The van der Waals surface area contributed by atoms with E-state index in [1.165, 1.54) is 10.5 Å². The summed E-state index contributed by atoms with van der Waals surface area (Å²) in [6, 6.07) is 9.99. The van der Waals surface area contributed by atoms with Crippen molar-refractivity contribution in [2.45, 2.75) is 46.1 Å². The first kappa shape index (κ1) is 20.5. The summed E-state index contributed by atoms with van der Waals surface area (Å²) in [5, 5.41) is 9.99. The molecular formula is C22H27ClN2O3. The number of halogens is 1. The molecule has 1 saturated carbocycles. The minimum atomic E-state index is -0.895. The van der Waals surface area contributed by atoms with Crippen LogP contribution in [0.1, 0.15) is 39.2 Å². The van der Waals surface area contributed by atoms with Crippen molar-refractivity contribution in [2.75, 3.05) is 13.2 Å². The Hall–Kier alpha value is -2.27. The predicted octanol–water partition coefficient (Wildman–Crippen LogP) is 5.65. The average molecular weight is 403 g/mol. The second kappa shape index (κ2) is 7.63. The van der Waals surface area contributed by atoms with Crippen LogP contribution >= 0.6 is 11.6 Å². The number of aromatic nitrogens is 1. The van der Waals surface area contributed by atoms with E-state index in [2.05, 4.69) is 4.98 Å². The largest absolute Gasteiger partial charge is 0.491 e. The zero-order chi connectivity index (χ0) is 20.5. The van der Waals surface area contributed by atoms with Crippen molar-refractivity contribution >= 4 is 17.7 Å². The molecule has 5 nitrogen and oxygen atoms in total. The van der Waals surface area contributed by atoms with Gasteiger partial charge in [-0.1, -0.05) is 41.4 Å². The zero-order valence-corrected chi connectivity index (χ0v) is 17.6. The van der Waals surface area contributed by atoms with E-state index in [1.54, 1.807) is 6.20 Å². The lowest BCUT2D eigenvalue weighted by Gasteiger charge is -2.36. The molecular weight excluding hydrogens is 376 g/mol. The fraction of sp³-hybridized carbons (Fsp3) is 0.455. The third-order valence-corrected chi connectivity index (χ3v) is 5.51. The van der Waals surface area contributed by atoms with Gasteiger partial charge in [-0.2, -0.15) is 0 Å². The quantitative estimate of drug-likeness (QED) is 0.634. The Kier molecular flexibility index (Phi) is 5.57. The molecule has 1 N–H and O–H groups in total. The number of hydrogen-bond acceptors (Lipinski definition) is 3. The Morgan fingerprint density at radius 1 is 1.29 bits per heavy atom. The third-order valence-electron chi connectivity index (χ3n) is 5.21. The summed E-state index contributed by atoms with van der Waals surface area (Å²) in [4.78, 5) is 17.4. The first-order chi connectivity index (χ1) is 13.1. The van der Waals surface area contributed by atoms with Gasteiger partial charge in [0.2, 0.25) is 0 Å². The predicted molar refractivity (Wildman–Crippen MR) is 111 cm³/mol. The summed E-state index contributed by atoms with van der Waals surface area (Å²) in [5.41, 5.74) is 2.42. The van der Waals surface area contributed by atoms with Crippen molar-refractivity contribution < 1.29 is 14.6 Å². The van der Waals surface area contributed by atoms with Gasteiger partial charge < -0.3 is 14.7 Å². The van der Waals surface area contributed by atoms with Gasteiger partial charge >= 0.3 is 6.09 Å². The molecule has 150 valence electrons. The molecule has 0 bridgehead atoms. The molecule has 1 aromatic heterocycles. The highest BCUT2D eigenvalue weighted by atomic mass is 35.5. The number of rotatable bonds is 6. The number of nitrogens with zero attached hydrogens (tertiary/aromatic N) is 2. The van der Waals surface area contributed by atoms with Crippen LogP contribution < -0.4 is 4.74 Å². The minimum absolute atomic E-state index is 0.130. The molecule has 1 aliphatic carbocycles. The molecule has 1 aromatic carbocycles. The van der Waals surface area contributed by atoms with Gasteiger partial charge in [0, 0.05) is 23.1 Å². The van der Waals surface area contributed by atoms with E-state index in [4.69, 9.17) is 16.3 Å². The fourth-order valence-electron chi connectivity index (χ4n) is 3.13. The number of benzene rings is 1. The SMILES string of the molecule is Cc1ccc(-c2cc(OCC3(CN(C(=O)O)C(C)(C)C)CC3)cnc2Cl)cc1. The number of amides is 1. The van der Waals surface area contributed by atoms with Crippen LogP contribution in [0.4, 0.5) is 4.79 Å². The second-order valence-corrected chi connectivity index (χ2v) is 9.06. The first-order valence-corrected chi connectivity index (χ1v) is 9.83. The molecule has 1 heterocycles. The van der Waals surface area contributed by atoms with Gasteiger partial charge in [-0.15, -0.1) is 0 Å². The normalized spacial score (nSPS) is 15.2. The monoisotopic (exact) mass is 402 g/mol. The van der Waals surface area contributed by atoms with Crippen LogP contribution in [0.15, 0.2) is 36.5 Å². The molecule has 1 amide bonds. The summed E-state index contributed by atoms with van der Waals surface area (Å²) in [6.45, 7) is 8.70. The van der Waals surface area contributed by atoms with Gasteiger partial charge in [-0.3, -0.25) is 0 Å². The Morgan fingerprint density at radius 2 is 1.93 bits per heavy atom. The van der Waals surface area contributed by atoms with Crippen molar-refractivity contribution in [1.82, 2.24) is 9.88 Å². The molecule has 1 fully saturated rings. The Bertz CT molecular complexity index is 855. The van der Waals surface area contributed by atoms with Crippen LogP contribution in [0.5, 0.6) is 5.75 Å². The maximum atomic E-state index is 11.6. The molecule has 0 saturated heterocycles. The third kappa shape index (κ3) is 4.76. The summed E-state index contributed by atoms with van der Waals surface area (Å²) in [6.07, 6.45) is 2.64. The Morgan fingerprint density at radius 3 is 2.46 bits per heavy atom. The molecule has 28 heavy (non-hydrogen) atoms. The summed E-state index contributed by atoms with van der Waals surface area (Å²) < 4.78 is 6.03. The fourth-order valence-corrected chi connectivity index (χ4v) is 3.34. The van der Waals surface area contributed by atoms with E-state index in [-0.39, 0.29) is 5.41 Å². The standard InChI is InChI=1S/C22H27ClN2O3/c1-15-5-7-16(8-6-15)18-11-17(12-24-19(18)23)28-14-22(9-10-22)13-25(20(26)27)21(2,3)4/h5-8,11-12H,9-10,13-14H2,1-4H3,(H,26,27). The minimum Gasteiger partial charge on any atom is -0.491 e. The molecule has 3 rings (SSSR count). The number of aryl methyl sites for hydroxylation is 1. The van der Waals surface area contributed by atoms with E-state index in [0.29, 0.717) is 24.1 Å². The highest BCUT2D eigenvalue weighted by molar-refractivity contribution is 6.32. The van der Waals surface area contributed by atoms with Gasteiger partial charge in [0.15, 0.2) is 0 Å². The average Bonchev–Trinajstić information content (AvgIpc) is 3.39. The van der Waals surface area contributed by atoms with Crippen molar-refractivity contribution in [3.05, 3.63) is 47.2 Å². The smallest absolute Gasteiger partial charge is 0.407 e. The molecule has 1 aliphatic rings. The van der Waals surface area contributed by atoms with Crippen LogP contribution in [0.25, 0.3) is 11.1 Å². The lowest BCUT2D eigenvalue weighted by atomic mass is 10.0. The van der Waals surface area contributed by atoms with Gasteiger partial charge in [-0.25, -0.2) is 9.78 Å². The summed E-state index contributed by atoms with van der Waals surface area (Å²) in [7, 11) is 0. The summed E-state index contributed by atoms with van der Waals surface area (Å²) >= 11 is 6.29. The van der Waals surface area contributed by atoms with Gasteiger partial charge in [-0.05, 0) is 52.2 Å². The van der Waals surface area contributed by atoms with Crippen LogP contribution in [0.3, 0.4) is 0 Å². The van der Waals surface area contributed by atoms with E-state index in [1.807, 2.05) is 58.0 Å². The second-order valence-electron chi connectivity index (χ2n) is 8.70. The van der Waals surface area contributed by atoms with Crippen molar-refractivity contribution in [2.24, 2.45) is 5.41 Å². The topological polar surface area (TPSA) is 62.7 Å². The molecule has 2 aromatic rings. The maximum Gasteiger partial charge on any atom is 0.407 e. The van der Waals surface area contributed by atoms with Gasteiger partial charge in [0.05, 0.1) is 12.8 Å². The molecule has 0 radical (unpaired) electrons. The van der Waals surface area contributed by atoms with Crippen LogP contribution in [0.2, 0.25) is 5.15 Å². The van der Waals surface area contributed by atoms with Crippen LogP contribution in [-0.4, -0.2) is 39.8 Å². The number of hydrogen-bond donors (Lipinski definition) is 1. The molecule has 0 spiro atoms. The highest BCUT2D eigenvalue weighted by Crippen LogP contribution is 2.47. The molecule has 6 heteroatoms. The van der Waals surface area contributed by atoms with Gasteiger partial charge in [0.1, 0.15) is 10.9 Å². The van der Waals surface area contributed by atoms with Gasteiger partial charge in [0.25, 0.3) is 0 Å². The molecule has 0 atom stereocenters. The lowest BCUT2D eigenvalue weighted by Crippen LogP contribution is -2.48. The van der Waals surface area contributed by atoms with Crippen molar-refractivity contribution in [3.63, 3.8) is 0 Å². The first-order valence-electron chi connectivity index (χ1n) is 9.46. The van der Waals surface area contributed by atoms with E-state index >= 15 is 0 Å². The Labute approximate surface area is 171 Å². The lowest BCUT2D eigenvalue weighted by molar-refractivity contribution is 0.0746. The number of pyridine rings is 1. The number of ether oxygens (including phenoxy) is 1. The molecule has 0 unspecified atom stereocenters. The van der Waals surface area contributed by atoms with Crippen molar-refractivity contribution in [1.29, 1.82) is 0 Å². The van der Waals surface area contributed by atoms with E-state index in [0.717, 1.165) is 24.0 Å². The van der Waals surface area contributed by atoms with Crippen LogP contribution in [-0.2, 0) is 0 Å². The van der Waals surface area contributed by atoms with Crippen molar-refractivity contribution in [3.8, 4) is 16.9 Å². The number of carbonyl (C=O) groups is 1. The summed E-state index contributed by atoms with van der Waals surface area (Å²) in [5.74, 6) is 0.642. The maximum absolute atomic E-state index is 11.6. The Balaban J connectivity index is 1.72. The highest BCUT2D eigenvalue weighted by Gasteiger charge is 2.47. The number of carboxylic acid groups (broad SMARTS) is 1. The van der Waals surface area contributed by atoms with E-state index < -0.39 is 11.6 Å². The van der Waals surface area contributed by atoms with E-state index in [9.17, 15) is 9.90 Å². The zero-order valence-electron chi connectivity index (χ0n) is 16.8. The molecule has 0 aliphatic heterocycles. The van der Waals surface area contributed by atoms with Crippen LogP contribution in [0, 0.1) is 12.3 Å².